The number of nitrogens with one attached hydrogen (secondary N) is 1. The number of primary amides is 1. The topological polar surface area (TPSA) is 75.4 Å². The minimum atomic E-state index is -0.321. The predicted molar refractivity (Wildman–Crippen MR) is 84.0 cm³/mol. The highest BCUT2D eigenvalue weighted by atomic mass is 19.1. The first-order valence-corrected chi connectivity index (χ1v) is 8.10. The Morgan fingerprint density at radius 1 is 1.26 bits per heavy atom. The maximum Gasteiger partial charge on any atom is 0.231 e. The maximum absolute atomic E-state index is 13.7. The molecular weight excluding hydrogens is 297 g/mol. The lowest BCUT2D eigenvalue weighted by molar-refractivity contribution is -0.124. The molecule has 0 bridgehead atoms. The molecule has 2 amide bonds. The van der Waals surface area contributed by atoms with Gasteiger partial charge in [-0.25, -0.2) is 4.39 Å². The van der Waals surface area contributed by atoms with E-state index in [-0.39, 0.29) is 42.1 Å². The lowest BCUT2D eigenvalue weighted by Crippen LogP contribution is -2.47. The van der Waals surface area contributed by atoms with E-state index in [2.05, 4.69) is 5.32 Å². The molecule has 124 valence electrons. The van der Waals surface area contributed by atoms with Gasteiger partial charge in [0.25, 0.3) is 0 Å². The number of piperidine rings is 1. The van der Waals surface area contributed by atoms with Crippen LogP contribution in [-0.4, -0.2) is 42.4 Å². The van der Waals surface area contributed by atoms with Gasteiger partial charge in [-0.3, -0.25) is 14.5 Å². The highest BCUT2D eigenvalue weighted by Crippen LogP contribution is 2.48. The summed E-state index contributed by atoms with van der Waals surface area (Å²) in [6, 6.07) is 6.80. The minimum Gasteiger partial charge on any atom is -0.369 e. The molecule has 5 nitrogen and oxygen atoms in total. The average molecular weight is 319 g/mol. The molecule has 23 heavy (non-hydrogen) atoms. The number of hydrogen-bond donors (Lipinski definition) is 2. The first-order chi connectivity index (χ1) is 11.0. The van der Waals surface area contributed by atoms with Gasteiger partial charge >= 0.3 is 0 Å². The van der Waals surface area contributed by atoms with E-state index in [0.29, 0.717) is 12.0 Å². The van der Waals surface area contributed by atoms with E-state index in [1.165, 1.54) is 6.07 Å². The molecule has 0 aromatic heterocycles. The fourth-order valence-electron chi connectivity index (χ4n) is 3.37. The third-order valence-electron chi connectivity index (χ3n) is 4.75. The smallest absolute Gasteiger partial charge is 0.231 e. The van der Waals surface area contributed by atoms with Gasteiger partial charge in [-0.15, -0.1) is 0 Å². The van der Waals surface area contributed by atoms with Crippen molar-refractivity contribution < 1.29 is 14.0 Å². The van der Waals surface area contributed by atoms with E-state index in [4.69, 9.17) is 5.73 Å². The predicted octanol–water partition coefficient (Wildman–Crippen LogP) is 0.995. The Morgan fingerprint density at radius 3 is 2.61 bits per heavy atom. The van der Waals surface area contributed by atoms with E-state index < -0.39 is 0 Å². The van der Waals surface area contributed by atoms with Crippen molar-refractivity contribution in [3.63, 3.8) is 0 Å². The normalized spacial score (nSPS) is 25.1. The van der Waals surface area contributed by atoms with Gasteiger partial charge in [-0.2, -0.15) is 0 Å². The third kappa shape index (κ3) is 3.88. The Labute approximate surface area is 135 Å². The fraction of sp³-hybridized carbons (Fsp3) is 0.529. The molecule has 1 aromatic carbocycles. The molecule has 1 saturated heterocycles. The number of carbonyl (C=O) groups is 2. The number of carbonyl (C=O) groups excluding carboxylic acids is 2. The fourth-order valence-corrected chi connectivity index (χ4v) is 3.37. The SMILES string of the molecule is NC(=O)CN1CCC(NC(=O)C2CC2c2ccccc2F)CC1. The summed E-state index contributed by atoms with van der Waals surface area (Å²) in [4.78, 5) is 25.2. The molecule has 2 unspecified atom stereocenters. The summed E-state index contributed by atoms with van der Waals surface area (Å²) < 4.78 is 13.7. The zero-order valence-corrected chi connectivity index (χ0v) is 13.0. The molecule has 2 aliphatic rings. The van der Waals surface area contributed by atoms with Crippen LogP contribution in [-0.2, 0) is 9.59 Å². The van der Waals surface area contributed by atoms with Crippen LogP contribution in [0.2, 0.25) is 0 Å². The molecule has 0 spiro atoms. The summed E-state index contributed by atoms with van der Waals surface area (Å²) >= 11 is 0. The van der Waals surface area contributed by atoms with Crippen LogP contribution < -0.4 is 11.1 Å². The van der Waals surface area contributed by atoms with Crippen LogP contribution in [0, 0.1) is 11.7 Å². The van der Waals surface area contributed by atoms with E-state index in [1.807, 2.05) is 4.90 Å². The highest BCUT2D eigenvalue weighted by Gasteiger charge is 2.45. The molecule has 2 fully saturated rings. The Balaban J connectivity index is 1.46. The van der Waals surface area contributed by atoms with Gasteiger partial charge in [0.2, 0.25) is 11.8 Å². The van der Waals surface area contributed by atoms with Crippen LogP contribution in [0.1, 0.15) is 30.7 Å². The molecule has 1 aliphatic heterocycles. The lowest BCUT2D eigenvalue weighted by Gasteiger charge is -2.31. The molecule has 2 atom stereocenters. The second-order valence-corrected chi connectivity index (χ2v) is 6.50. The van der Waals surface area contributed by atoms with Crippen molar-refractivity contribution in [1.82, 2.24) is 10.2 Å². The van der Waals surface area contributed by atoms with Crippen LogP contribution in [0.5, 0.6) is 0 Å². The van der Waals surface area contributed by atoms with Crippen molar-refractivity contribution in [2.24, 2.45) is 11.7 Å². The average Bonchev–Trinajstić information content (AvgIpc) is 3.30. The summed E-state index contributed by atoms with van der Waals surface area (Å²) in [5, 5.41) is 3.07. The maximum atomic E-state index is 13.7. The number of likely N-dealkylation sites (tertiary alicyclic amines) is 1. The number of amides is 2. The number of hydrogen-bond acceptors (Lipinski definition) is 3. The van der Waals surface area contributed by atoms with E-state index in [1.54, 1.807) is 18.2 Å². The number of benzene rings is 1. The van der Waals surface area contributed by atoms with Gasteiger partial charge in [0.05, 0.1) is 6.54 Å². The van der Waals surface area contributed by atoms with Crippen LogP contribution in [0.3, 0.4) is 0 Å². The molecule has 6 heteroatoms. The highest BCUT2D eigenvalue weighted by molar-refractivity contribution is 5.83. The molecular formula is C17H22FN3O2. The Kier molecular flexibility index (Phi) is 4.61. The summed E-state index contributed by atoms with van der Waals surface area (Å²) in [5.74, 6) is -0.640. The van der Waals surface area contributed by atoms with Crippen molar-refractivity contribution >= 4 is 11.8 Å². The molecule has 1 aliphatic carbocycles. The monoisotopic (exact) mass is 319 g/mol. The van der Waals surface area contributed by atoms with Gasteiger partial charge in [0, 0.05) is 25.0 Å². The van der Waals surface area contributed by atoms with Crippen LogP contribution in [0.15, 0.2) is 24.3 Å². The zero-order valence-electron chi connectivity index (χ0n) is 13.0. The number of halogens is 1. The van der Waals surface area contributed by atoms with E-state index in [9.17, 15) is 14.0 Å². The van der Waals surface area contributed by atoms with Crippen molar-refractivity contribution in [3.8, 4) is 0 Å². The summed E-state index contributed by atoms with van der Waals surface area (Å²) in [6.07, 6.45) is 2.35. The number of rotatable bonds is 5. The second-order valence-electron chi connectivity index (χ2n) is 6.50. The van der Waals surface area contributed by atoms with Crippen LogP contribution >= 0.6 is 0 Å². The zero-order chi connectivity index (χ0) is 16.4. The van der Waals surface area contributed by atoms with Gasteiger partial charge in [0.1, 0.15) is 5.82 Å². The van der Waals surface area contributed by atoms with E-state index in [0.717, 1.165) is 25.9 Å². The third-order valence-corrected chi connectivity index (χ3v) is 4.75. The molecule has 3 rings (SSSR count). The van der Waals surface area contributed by atoms with Gasteiger partial charge < -0.3 is 11.1 Å². The minimum absolute atomic E-state index is 0.00570. The molecule has 3 N–H and O–H groups in total. The van der Waals surface area contributed by atoms with Crippen LogP contribution in [0.4, 0.5) is 4.39 Å². The second kappa shape index (κ2) is 6.66. The standard InChI is InChI=1S/C17H22FN3O2/c18-15-4-2-1-3-12(15)13-9-14(13)17(23)20-11-5-7-21(8-6-11)10-16(19)22/h1-4,11,13-14H,5-10H2,(H2,19,22)(H,20,23). The van der Waals surface area contributed by atoms with Crippen molar-refractivity contribution in [1.29, 1.82) is 0 Å². The Morgan fingerprint density at radius 2 is 1.96 bits per heavy atom. The molecule has 1 heterocycles. The summed E-state index contributed by atoms with van der Waals surface area (Å²) in [6.45, 7) is 1.79. The number of nitrogens with two attached hydrogens (primary N) is 1. The lowest BCUT2D eigenvalue weighted by atomic mass is 10.0. The molecule has 1 saturated carbocycles. The Bertz CT molecular complexity index is 599. The first-order valence-electron chi connectivity index (χ1n) is 8.10. The summed E-state index contributed by atoms with van der Waals surface area (Å²) in [7, 11) is 0. The van der Waals surface area contributed by atoms with Gasteiger partial charge in [0.15, 0.2) is 0 Å². The quantitative estimate of drug-likeness (QED) is 0.850. The Hall–Kier alpha value is -1.95. The van der Waals surface area contributed by atoms with Crippen molar-refractivity contribution in [3.05, 3.63) is 35.6 Å². The molecule has 0 radical (unpaired) electrons. The van der Waals surface area contributed by atoms with Crippen molar-refractivity contribution in [2.45, 2.75) is 31.2 Å². The molecule has 1 aromatic rings. The van der Waals surface area contributed by atoms with Gasteiger partial charge in [-0.05, 0) is 36.8 Å². The van der Waals surface area contributed by atoms with Gasteiger partial charge in [-0.1, -0.05) is 18.2 Å². The largest absolute Gasteiger partial charge is 0.369 e. The van der Waals surface area contributed by atoms with Crippen molar-refractivity contribution in [2.75, 3.05) is 19.6 Å². The first kappa shape index (κ1) is 15.9. The van der Waals surface area contributed by atoms with E-state index >= 15 is 0 Å². The number of nitrogens with zero attached hydrogens (tertiary/aromatic N) is 1. The van der Waals surface area contributed by atoms with Crippen LogP contribution in [0.25, 0.3) is 0 Å². The summed E-state index contributed by atoms with van der Waals surface area (Å²) in [5.41, 5.74) is 5.83.